The molecule has 1 aliphatic rings. The third kappa shape index (κ3) is 2.30. The Kier molecular flexibility index (Phi) is 2.83. The molecule has 1 aliphatic carbocycles. The first kappa shape index (κ1) is 11.7. The van der Waals surface area contributed by atoms with Gasteiger partial charge in [-0.1, -0.05) is 26.0 Å². The van der Waals surface area contributed by atoms with Gasteiger partial charge in [-0.3, -0.25) is 0 Å². The second-order valence-electron chi connectivity index (χ2n) is 5.82. The Morgan fingerprint density at radius 2 is 1.88 bits per heavy atom. The summed E-state index contributed by atoms with van der Waals surface area (Å²) in [6, 6.07) is 4.68. The minimum absolute atomic E-state index is 0.118. The van der Waals surface area contributed by atoms with E-state index in [0.29, 0.717) is 5.92 Å². The first-order valence-electron chi connectivity index (χ1n) is 6.30. The van der Waals surface area contributed by atoms with Crippen molar-refractivity contribution in [2.75, 3.05) is 0 Å². The van der Waals surface area contributed by atoms with E-state index in [2.05, 4.69) is 39.8 Å². The lowest BCUT2D eigenvalue weighted by Crippen LogP contribution is -2.25. The van der Waals surface area contributed by atoms with Crippen molar-refractivity contribution in [3.63, 3.8) is 0 Å². The van der Waals surface area contributed by atoms with Gasteiger partial charge >= 0.3 is 0 Å². The summed E-state index contributed by atoms with van der Waals surface area (Å²) in [6.45, 7) is 8.94. The fourth-order valence-electron chi connectivity index (χ4n) is 2.20. The first-order chi connectivity index (χ1) is 7.41. The lowest BCUT2D eigenvalue weighted by atomic mass is 9.91. The highest BCUT2D eigenvalue weighted by atomic mass is 14.8. The van der Waals surface area contributed by atoms with Crippen LogP contribution < -0.4 is 5.73 Å². The van der Waals surface area contributed by atoms with Gasteiger partial charge in [-0.15, -0.1) is 0 Å². The molecule has 0 amide bonds. The maximum Gasteiger partial charge on any atom is 0.0196 e. The standard InChI is InChI=1S/C15H23N/c1-10(2)13-7-11(3)12(4)14(8-13)9-15(16)5-6-15/h7-8,10H,5-6,9,16H2,1-4H3. The van der Waals surface area contributed by atoms with Crippen LogP contribution in [-0.4, -0.2) is 5.54 Å². The minimum Gasteiger partial charge on any atom is -0.325 e. The molecule has 0 saturated heterocycles. The number of rotatable bonds is 3. The SMILES string of the molecule is Cc1cc(C(C)C)cc(CC2(N)CC2)c1C. The molecule has 1 aromatic rings. The zero-order valence-electron chi connectivity index (χ0n) is 10.9. The van der Waals surface area contributed by atoms with E-state index in [0.717, 1.165) is 6.42 Å². The Labute approximate surface area is 99.0 Å². The Morgan fingerprint density at radius 3 is 2.38 bits per heavy atom. The average molecular weight is 217 g/mol. The van der Waals surface area contributed by atoms with Crippen LogP contribution in [0.4, 0.5) is 0 Å². The molecule has 16 heavy (non-hydrogen) atoms. The predicted molar refractivity (Wildman–Crippen MR) is 69.9 cm³/mol. The Hall–Kier alpha value is -0.820. The summed E-state index contributed by atoms with van der Waals surface area (Å²) in [5, 5.41) is 0. The van der Waals surface area contributed by atoms with Crippen LogP contribution in [-0.2, 0) is 6.42 Å². The van der Waals surface area contributed by atoms with E-state index in [1.54, 1.807) is 0 Å². The van der Waals surface area contributed by atoms with Gasteiger partial charge in [-0.2, -0.15) is 0 Å². The molecular formula is C15H23N. The van der Waals surface area contributed by atoms with E-state index in [-0.39, 0.29) is 5.54 Å². The summed E-state index contributed by atoms with van der Waals surface area (Å²) in [6.07, 6.45) is 3.44. The summed E-state index contributed by atoms with van der Waals surface area (Å²) in [4.78, 5) is 0. The molecule has 0 spiro atoms. The number of aryl methyl sites for hydroxylation is 1. The van der Waals surface area contributed by atoms with Crippen molar-refractivity contribution < 1.29 is 0 Å². The smallest absolute Gasteiger partial charge is 0.0196 e. The molecule has 0 radical (unpaired) electrons. The van der Waals surface area contributed by atoms with Crippen LogP contribution in [0.15, 0.2) is 12.1 Å². The molecule has 1 aromatic carbocycles. The highest BCUT2D eigenvalue weighted by molar-refractivity contribution is 5.40. The molecule has 0 atom stereocenters. The molecule has 1 saturated carbocycles. The van der Waals surface area contributed by atoms with Gasteiger partial charge < -0.3 is 5.73 Å². The van der Waals surface area contributed by atoms with Crippen LogP contribution in [0.5, 0.6) is 0 Å². The molecule has 1 nitrogen and oxygen atoms in total. The largest absolute Gasteiger partial charge is 0.325 e. The number of nitrogens with two attached hydrogens (primary N) is 1. The van der Waals surface area contributed by atoms with E-state index in [4.69, 9.17) is 5.73 Å². The van der Waals surface area contributed by atoms with Crippen LogP contribution in [0, 0.1) is 13.8 Å². The predicted octanol–water partition coefficient (Wildman–Crippen LogP) is 3.46. The lowest BCUT2D eigenvalue weighted by molar-refractivity contribution is 0.667. The Bertz CT molecular complexity index is 400. The molecule has 0 aromatic heterocycles. The molecule has 88 valence electrons. The van der Waals surface area contributed by atoms with E-state index < -0.39 is 0 Å². The molecule has 1 heteroatoms. The highest BCUT2D eigenvalue weighted by Gasteiger charge is 2.38. The van der Waals surface area contributed by atoms with Crippen molar-refractivity contribution in [3.8, 4) is 0 Å². The molecule has 0 unspecified atom stereocenters. The molecule has 1 fully saturated rings. The zero-order valence-corrected chi connectivity index (χ0v) is 10.9. The summed E-state index contributed by atoms with van der Waals surface area (Å²) in [5.41, 5.74) is 12.1. The second kappa shape index (κ2) is 3.89. The van der Waals surface area contributed by atoms with Crippen molar-refractivity contribution >= 4 is 0 Å². The van der Waals surface area contributed by atoms with Crippen LogP contribution in [0.3, 0.4) is 0 Å². The van der Waals surface area contributed by atoms with Gasteiger partial charge in [-0.25, -0.2) is 0 Å². The number of benzene rings is 1. The average Bonchev–Trinajstić information content (AvgIpc) is 2.91. The second-order valence-corrected chi connectivity index (χ2v) is 5.82. The normalized spacial score (nSPS) is 17.9. The van der Waals surface area contributed by atoms with Crippen molar-refractivity contribution in [1.82, 2.24) is 0 Å². The van der Waals surface area contributed by atoms with Gasteiger partial charge in [0.1, 0.15) is 0 Å². The summed E-state index contributed by atoms with van der Waals surface area (Å²) in [5.74, 6) is 0.603. The molecule has 0 heterocycles. The lowest BCUT2D eigenvalue weighted by Gasteiger charge is -2.17. The third-order valence-electron chi connectivity index (χ3n) is 3.90. The fraction of sp³-hybridized carbons (Fsp3) is 0.600. The van der Waals surface area contributed by atoms with Gasteiger partial charge in [0.25, 0.3) is 0 Å². The van der Waals surface area contributed by atoms with Crippen LogP contribution in [0.2, 0.25) is 0 Å². The first-order valence-corrected chi connectivity index (χ1v) is 6.30. The van der Waals surface area contributed by atoms with Gasteiger partial charge in [0, 0.05) is 5.54 Å². The van der Waals surface area contributed by atoms with Crippen molar-refractivity contribution in [1.29, 1.82) is 0 Å². The summed E-state index contributed by atoms with van der Waals surface area (Å²) in [7, 11) is 0. The van der Waals surface area contributed by atoms with Crippen molar-refractivity contribution in [2.45, 2.75) is 58.4 Å². The zero-order chi connectivity index (χ0) is 11.9. The molecule has 0 bridgehead atoms. The number of hydrogen-bond donors (Lipinski definition) is 1. The Balaban J connectivity index is 2.34. The summed E-state index contributed by atoms with van der Waals surface area (Å²) >= 11 is 0. The maximum absolute atomic E-state index is 6.22. The van der Waals surface area contributed by atoms with Gasteiger partial charge in [0.15, 0.2) is 0 Å². The monoisotopic (exact) mass is 217 g/mol. The number of hydrogen-bond acceptors (Lipinski definition) is 1. The quantitative estimate of drug-likeness (QED) is 0.824. The summed E-state index contributed by atoms with van der Waals surface area (Å²) < 4.78 is 0. The maximum atomic E-state index is 6.22. The molecule has 0 aliphatic heterocycles. The highest BCUT2D eigenvalue weighted by Crippen LogP contribution is 2.37. The van der Waals surface area contributed by atoms with E-state index in [1.165, 1.54) is 35.1 Å². The topological polar surface area (TPSA) is 26.0 Å². The van der Waals surface area contributed by atoms with Crippen LogP contribution in [0.25, 0.3) is 0 Å². The van der Waals surface area contributed by atoms with Crippen molar-refractivity contribution in [3.05, 3.63) is 34.4 Å². The molecule has 2 N–H and O–H groups in total. The van der Waals surface area contributed by atoms with Crippen LogP contribution in [0.1, 0.15) is 54.9 Å². The van der Waals surface area contributed by atoms with Gasteiger partial charge in [0.2, 0.25) is 0 Å². The molecular weight excluding hydrogens is 194 g/mol. The molecule has 2 rings (SSSR count). The Morgan fingerprint density at radius 1 is 1.25 bits per heavy atom. The fourth-order valence-corrected chi connectivity index (χ4v) is 2.20. The van der Waals surface area contributed by atoms with E-state index in [1.807, 2.05) is 0 Å². The van der Waals surface area contributed by atoms with Crippen molar-refractivity contribution in [2.24, 2.45) is 5.73 Å². The van der Waals surface area contributed by atoms with Gasteiger partial charge in [0.05, 0.1) is 0 Å². The minimum atomic E-state index is 0.118. The van der Waals surface area contributed by atoms with Gasteiger partial charge in [-0.05, 0) is 61.3 Å². The van der Waals surface area contributed by atoms with Crippen LogP contribution >= 0.6 is 0 Å². The van der Waals surface area contributed by atoms with E-state index in [9.17, 15) is 0 Å². The third-order valence-corrected chi connectivity index (χ3v) is 3.90. The van der Waals surface area contributed by atoms with E-state index >= 15 is 0 Å².